The molecule has 1 N–H and O–H groups in total. The minimum Gasteiger partial charge on any atom is -0.302 e. The van der Waals surface area contributed by atoms with E-state index in [-0.39, 0.29) is 5.56 Å². The molecule has 0 fully saturated rings. The van der Waals surface area contributed by atoms with E-state index in [1.165, 1.54) is 10.8 Å². The molecule has 0 unspecified atom stereocenters. The Bertz CT molecular complexity index is 701. The Hall–Kier alpha value is -2.54. The first-order chi connectivity index (χ1) is 9.16. The van der Waals surface area contributed by atoms with Crippen LogP contribution in [-0.4, -0.2) is 9.55 Å². The van der Waals surface area contributed by atoms with E-state index in [1.807, 2.05) is 44.2 Å². The summed E-state index contributed by atoms with van der Waals surface area (Å²) in [6, 6.07) is 9.33. The van der Waals surface area contributed by atoms with Crippen LogP contribution in [0.15, 0.2) is 46.1 Å². The molecule has 2 aromatic rings. The van der Waals surface area contributed by atoms with Gasteiger partial charge in [0.05, 0.1) is 0 Å². The number of aromatic amines is 1. The van der Waals surface area contributed by atoms with Gasteiger partial charge in [0.15, 0.2) is 0 Å². The van der Waals surface area contributed by atoms with Gasteiger partial charge in [0.1, 0.15) is 5.56 Å². The highest BCUT2D eigenvalue weighted by Gasteiger charge is 1.98. The molecule has 0 saturated heterocycles. The summed E-state index contributed by atoms with van der Waals surface area (Å²) < 4.78 is 1.29. The van der Waals surface area contributed by atoms with Gasteiger partial charge in [-0.25, -0.2) is 4.79 Å². The summed E-state index contributed by atoms with van der Waals surface area (Å²) >= 11 is 0. The lowest BCUT2D eigenvalue weighted by atomic mass is 10.2. The van der Waals surface area contributed by atoms with Crippen LogP contribution in [0.2, 0.25) is 0 Å². The van der Waals surface area contributed by atoms with Crippen molar-refractivity contribution in [2.45, 2.75) is 13.8 Å². The second-order valence-corrected chi connectivity index (χ2v) is 3.53. The van der Waals surface area contributed by atoms with Crippen molar-refractivity contribution in [3.8, 4) is 11.8 Å². The molecule has 0 atom stereocenters. The molecule has 1 aromatic carbocycles. The molecule has 4 nitrogen and oxygen atoms in total. The lowest BCUT2D eigenvalue weighted by Crippen LogP contribution is -2.29. The number of nitrogens with one attached hydrogen (secondary N) is 1. The Morgan fingerprint density at radius 3 is 2.32 bits per heavy atom. The molecule has 1 aromatic heterocycles. The molecule has 0 saturated carbocycles. The molecule has 98 valence electrons. The van der Waals surface area contributed by atoms with Gasteiger partial charge in [-0.15, -0.1) is 0 Å². The Morgan fingerprint density at radius 1 is 1.05 bits per heavy atom. The maximum absolute atomic E-state index is 11.4. The minimum absolute atomic E-state index is 0.274. The lowest BCUT2D eigenvalue weighted by molar-refractivity contribution is 0.795. The number of rotatable bonds is 0. The van der Waals surface area contributed by atoms with Crippen molar-refractivity contribution < 1.29 is 0 Å². The van der Waals surface area contributed by atoms with Crippen LogP contribution in [-0.2, 0) is 7.05 Å². The van der Waals surface area contributed by atoms with Gasteiger partial charge in [-0.2, -0.15) is 0 Å². The molecule has 0 radical (unpaired) electrons. The first-order valence-electron chi connectivity index (χ1n) is 6.04. The maximum Gasteiger partial charge on any atom is 0.328 e. The zero-order valence-electron chi connectivity index (χ0n) is 11.2. The average Bonchev–Trinajstić information content (AvgIpc) is 2.45. The summed E-state index contributed by atoms with van der Waals surface area (Å²) in [7, 11) is 1.56. The number of hydrogen-bond donors (Lipinski definition) is 1. The van der Waals surface area contributed by atoms with Gasteiger partial charge < -0.3 is 4.57 Å². The monoisotopic (exact) mass is 256 g/mol. The molecular weight excluding hydrogens is 240 g/mol. The second kappa shape index (κ2) is 7.02. The van der Waals surface area contributed by atoms with E-state index in [9.17, 15) is 9.59 Å². The molecule has 0 aliphatic carbocycles. The summed E-state index contributed by atoms with van der Waals surface area (Å²) in [6.45, 7) is 4.00. The number of benzene rings is 1. The third kappa shape index (κ3) is 4.00. The highest BCUT2D eigenvalue weighted by molar-refractivity contribution is 5.40. The van der Waals surface area contributed by atoms with Gasteiger partial charge in [-0.1, -0.05) is 43.9 Å². The van der Waals surface area contributed by atoms with Gasteiger partial charge >= 0.3 is 5.69 Å². The minimum atomic E-state index is -0.462. The quantitative estimate of drug-likeness (QED) is 0.726. The number of H-pyrrole nitrogens is 1. The average molecular weight is 256 g/mol. The fourth-order valence-corrected chi connectivity index (χ4v) is 1.31. The highest BCUT2D eigenvalue weighted by Crippen LogP contribution is 1.95. The molecule has 0 spiro atoms. The van der Waals surface area contributed by atoms with E-state index in [0.717, 1.165) is 5.56 Å². The van der Waals surface area contributed by atoms with E-state index in [0.29, 0.717) is 0 Å². The molecule has 0 aliphatic heterocycles. The topological polar surface area (TPSA) is 54.9 Å². The summed E-state index contributed by atoms with van der Waals surface area (Å²) in [6.07, 6.45) is 1.43. The fourth-order valence-electron chi connectivity index (χ4n) is 1.31. The van der Waals surface area contributed by atoms with Gasteiger partial charge in [-0.05, 0) is 12.1 Å². The van der Waals surface area contributed by atoms with Crippen molar-refractivity contribution in [2.75, 3.05) is 0 Å². The number of aromatic nitrogens is 2. The van der Waals surface area contributed by atoms with Crippen LogP contribution in [0.1, 0.15) is 25.0 Å². The Balaban J connectivity index is 0.000000861. The standard InChI is InChI=1S/C13H10N2O2.C2H6/c1-15-9-11(12(16)14-13(15)17)8-7-10-5-3-2-4-6-10;1-2/h2-6,9H,1H3,(H,14,16,17);1-2H3. The van der Waals surface area contributed by atoms with Gasteiger partial charge in [-0.3, -0.25) is 9.78 Å². The zero-order chi connectivity index (χ0) is 14.3. The Kier molecular flexibility index (Phi) is 5.36. The number of aryl methyl sites for hydroxylation is 1. The lowest BCUT2D eigenvalue weighted by Gasteiger charge is -1.95. The smallest absolute Gasteiger partial charge is 0.302 e. The number of hydrogen-bond acceptors (Lipinski definition) is 2. The van der Waals surface area contributed by atoms with E-state index in [4.69, 9.17) is 0 Å². The molecule has 0 amide bonds. The molecule has 0 aliphatic rings. The van der Waals surface area contributed by atoms with Crippen LogP contribution in [0.4, 0.5) is 0 Å². The second-order valence-electron chi connectivity index (χ2n) is 3.53. The Morgan fingerprint density at radius 2 is 1.68 bits per heavy atom. The SMILES string of the molecule is CC.Cn1cc(C#Cc2ccccc2)c(=O)[nH]c1=O. The first-order valence-corrected chi connectivity index (χ1v) is 6.04. The third-order valence-corrected chi connectivity index (χ3v) is 2.22. The summed E-state index contributed by atoms with van der Waals surface area (Å²) in [5.41, 5.74) is 0.188. The molecule has 0 bridgehead atoms. The van der Waals surface area contributed by atoms with E-state index >= 15 is 0 Å². The van der Waals surface area contributed by atoms with Crippen LogP contribution in [0.25, 0.3) is 0 Å². The van der Waals surface area contributed by atoms with Crippen LogP contribution in [0, 0.1) is 11.8 Å². The molecule has 19 heavy (non-hydrogen) atoms. The highest BCUT2D eigenvalue weighted by atomic mass is 16.2. The Labute approximate surface area is 111 Å². The third-order valence-electron chi connectivity index (χ3n) is 2.22. The van der Waals surface area contributed by atoms with Crippen molar-refractivity contribution >= 4 is 0 Å². The molecule has 2 rings (SSSR count). The van der Waals surface area contributed by atoms with E-state index < -0.39 is 11.2 Å². The normalized spacial score (nSPS) is 8.79. The molecule has 1 heterocycles. The summed E-state index contributed by atoms with van der Waals surface area (Å²) in [5, 5.41) is 0. The predicted molar refractivity (Wildman–Crippen MR) is 76.1 cm³/mol. The van der Waals surface area contributed by atoms with Crippen molar-refractivity contribution in [3.05, 3.63) is 68.5 Å². The van der Waals surface area contributed by atoms with Crippen molar-refractivity contribution in [3.63, 3.8) is 0 Å². The van der Waals surface area contributed by atoms with Gasteiger partial charge in [0, 0.05) is 18.8 Å². The maximum atomic E-state index is 11.4. The van der Waals surface area contributed by atoms with Crippen molar-refractivity contribution in [1.29, 1.82) is 0 Å². The van der Waals surface area contributed by atoms with E-state index in [1.54, 1.807) is 7.05 Å². The van der Waals surface area contributed by atoms with Crippen molar-refractivity contribution in [2.24, 2.45) is 7.05 Å². The predicted octanol–water partition coefficient (Wildman–Crippen LogP) is 1.50. The van der Waals surface area contributed by atoms with Gasteiger partial charge in [0.2, 0.25) is 0 Å². The van der Waals surface area contributed by atoms with Crippen molar-refractivity contribution in [1.82, 2.24) is 9.55 Å². The van der Waals surface area contributed by atoms with Crippen LogP contribution < -0.4 is 11.2 Å². The zero-order valence-corrected chi connectivity index (χ0v) is 11.2. The molecular formula is C15H16N2O2. The van der Waals surface area contributed by atoms with Crippen LogP contribution >= 0.6 is 0 Å². The van der Waals surface area contributed by atoms with E-state index in [2.05, 4.69) is 16.8 Å². The summed E-state index contributed by atoms with van der Waals surface area (Å²) in [4.78, 5) is 24.8. The first kappa shape index (κ1) is 14.5. The summed E-state index contributed by atoms with van der Waals surface area (Å²) in [5.74, 6) is 5.61. The largest absolute Gasteiger partial charge is 0.328 e. The van der Waals surface area contributed by atoms with Crippen LogP contribution in [0.5, 0.6) is 0 Å². The fraction of sp³-hybridized carbons (Fsp3) is 0.200. The van der Waals surface area contributed by atoms with Crippen LogP contribution in [0.3, 0.4) is 0 Å². The number of nitrogens with zero attached hydrogens (tertiary/aromatic N) is 1. The molecule has 4 heteroatoms. The van der Waals surface area contributed by atoms with Gasteiger partial charge in [0.25, 0.3) is 5.56 Å².